The van der Waals surface area contributed by atoms with Crippen LogP contribution in [-0.4, -0.2) is 9.97 Å². The minimum atomic E-state index is 0.455. The van der Waals surface area contributed by atoms with E-state index < -0.39 is 0 Å². The summed E-state index contributed by atoms with van der Waals surface area (Å²) in [6.07, 6.45) is 7.06. The van der Waals surface area contributed by atoms with Crippen molar-refractivity contribution in [3.05, 3.63) is 17.7 Å². The molecule has 0 amide bonds. The maximum atomic E-state index is 5.60. The smallest absolute Gasteiger partial charge is 0.109 e. The molecular weight excluding hydrogens is 210 g/mol. The van der Waals surface area contributed by atoms with Crippen LogP contribution >= 0.6 is 0 Å². The highest BCUT2D eigenvalue weighted by Crippen LogP contribution is 2.42. The Hall–Kier alpha value is -0.830. The Morgan fingerprint density at radius 2 is 1.94 bits per heavy atom. The van der Waals surface area contributed by atoms with Crippen LogP contribution in [0.25, 0.3) is 0 Å². The fourth-order valence-corrected chi connectivity index (χ4v) is 2.92. The van der Waals surface area contributed by atoms with Gasteiger partial charge in [0.2, 0.25) is 0 Å². The van der Waals surface area contributed by atoms with E-state index in [4.69, 9.17) is 5.73 Å². The van der Waals surface area contributed by atoms with Crippen molar-refractivity contribution < 1.29 is 0 Å². The molecule has 1 aliphatic carbocycles. The van der Waals surface area contributed by atoms with Gasteiger partial charge in [0.05, 0.1) is 0 Å². The van der Waals surface area contributed by atoms with E-state index in [0.29, 0.717) is 17.9 Å². The summed E-state index contributed by atoms with van der Waals surface area (Å²) in [5.74, 6) is 2.63. The monoisotopic (exact) mass is 235 g/mol. The molecule has 1 fully saturated rings. The summed E-state index contributed by atoms with van der Waals surface area (Å²) >= 11 is 0. The van der Waals surface area contributed by atoms with Crippen molar-refractivity contribution >= 4 is 0 Å². The number of hydrogen-bond acceptors (Lipinski definition) is 2. The highest BCUT2D eigenvalue weighted by Gasteiger charge is 2.31. The maximum absolute atomic E-state index is 5.60. The molecule has 0 aromatic carbocycles. The van der Waals surface area contributed by atoms with Crippen molar-refractivity contribution in [3.63, 3.8) is 0 Å². The zero-order valence-corrected chi connectivity index (χ0v) is 11.3. The average molecular weight is 235 g/mol. The van der Waals surface area contributed by atoms with Gasteiger partial charge in [-0.25, -0.2) is 4.98 Å². The predicted octanol–water partition coefficient (Wildman–Crippen LogP) is 3.19. The van der Waals surface area contributed by atoms with Crippen LogP contribution in [0.5, 0.6) is 0 Å². The van der Waals surface area contributed by atoms with Crippen molar-refractivity contribution in [2.24, 2.45) is 17.1 Å². The third-order valence-corrected chi connectivity index (χ3v) is 4.21. The second kappa shape index (κ2) is 4.81. The van der Waals surface area contributed by atoms with E-state index in [2.05, 4.69) is 30.7 Å². The Morgan fingerprint density at radius 1 is 1.29 bits per heavy atom. The number of aromatic nitrogens is 2. The Balaban J connectivity index is 1.95. The maximum Gasteiger partial charge on any atom is 0.109 e. The van der Waals surface area contributed by atoms with Gasteiger partial charge in [-0.1, -0.05) is 20.8 Å². The third kappa shape index (κ3) is 2.89. The number of imidazole rings is 1. The molecule has 17 heavy (non-hydrogen) atoms. The van der Waals surface area contributed by atoms with Crippen LogP contribution in [0.1, 0.15) is 63.9 Å². The molecule has 0 bridgehead atoms. The second-order valence-corrected chi connectivity index (χ2v) is 6.41. The molecule has 3 N–H and O–H groups in total. The molecule has 1 saturated carbocycles. The zero-order chi connectivity index (χ0) is 12.5. The number of aromatic amines is 1. The second-order valence-electron chi connectivity index (χ2n) is 6.41. The molecule has 3 heteroatoms. The van der Waals surface area contributed by atoms with Crippen LogP contribution in [0.3, 0.4) is 0 Å². The summed E-state index contributed by atoms with van der Waals surface area (Å²) in [7, 11) is 0. The Kier molecular flexibility index (Phi) is 3.57. The molecule has 0 aliphatic heterocycles. The molecule has 0 unspecified atom stereocenters. The largest absolute Gasteiger partial charge is 0.345 e. The molecule has 1 aliphatic rings. The quantitative estimate of drug-likeness (QED) is 0.827. The lowest BCUT2D eigenvalue weighted by molar-refractivity contribution is 0.167. The normalized spacial score (nSPS) is 26.1. The molecular formula is C14H25N3. The minimum Gasteiger partial charge on any atom is -0.345 e. The molecule has 3 nitrogen and oxygen atoms in total. The summed E-state index contributed by atoms with van der Waals surface area (Å²) in [4.78, 5) is 7.81. The zero-order valence-electron chi connectivity index (χ0n) is 11.3. The van der Waals surface area contributed by atoms with E-state index >= 15 is 0 Å². The van der Waals surface area contributed by atoms with Crippen molar-refractivity contribution in [1.82, 2.24) is 9.97 Å². The summed E-state index contributed by atoms with van der Waals surface area (Å²) in [6.45, 7) is 7.64. The Labute approximate surface area is 104 Å². The summed E-state index contributed by atoms with van der Waals surface area (Å²) < 4.78 is 0. The topological polar surface area (TPSA) is 54.7 Å². The van der Waals surface area contributed by atoms with Crippen LogP contribution in [0.4, 0.5) is 0 Å². The Morgan fingerprint density at radius 3 is 2.41 bits per heavy atom. The standard InChI is InChI=1S/C14H25N3/c1-14(2,3)11-6-4-10(5-7-11)13-16-9-12(8-15)17-13/h9-11H,4-8,15H2,1-3H3,(H,16,17). The van der Waals surface area contributed by atoms with E-state index in [0.717, 1.165) is 17.4 Å². The number of nitrogens with two attached hydrogens (primary N) is 1. The first kappa shape index (κ1) is 12.6. The summed E-state index contributed by atoms with van der Waals surface area (Å²) in [5.41, 5.74) is 7.11. The van der Waals surface area contributed by atoms with Gasteiger partial charge in [-0.2, -0.15) is 0 Å². The lowest BCUT2D eigenvalue weighted by Gasteiger charge is -2.36. The van der Waals surface area contributed by atoms with Crippen LogP contribution in [0, 0.1) is 11.3 Å². The number of H-pyrrole nitrogens is 1. The van der Waals surface area contributed by atoms with Gasteiger partial charge in [0.1, 0.15) is 5.82 Å². The fraction of sp³-hybridized carbons (Fsp3) is 0.786. The van der Waals surface area contributed by atoms with Gasteiger partial charge in [-0.15, -0.1) is 0 Å². The van der Waals surface area contributed by atoms with E-state index in [1.165, 1.54) is 25.7 Å². The minimum absolute atomic E-state index is 0.455. The number of hydrogen-bond donors (Lipinski definition) is 2. The molecule has 1 heterocycles. The first-order valence-electron chi connectivity index (χ1n) is 6.74. The van der Waals surface area contributed by atoms with Crippen molar-refractivity contribution in [1.29, 1.82) is 0 Å². The highest BCUT2D eigenvalue weighted by atomic mass is 14.9. The van der Waals surface area contributed by atoms with Gasteiger partial charge in [0, 0.05) is 24.4 Å². The van der Waals surface area contributed by atoms with Gasteiger partial charge < -0.3 is 10.7 Å². The van der Waals surface area contributed by atoms with Gasteiger partial charge in [-0.05, 0) is 37.0 Å². The van der Waals surface area contributed by atoms with E-state index in [9.17, 15) is 0 Å². The van der Waals surface area contributed by atoms with E-state index in [-0.39, 0.29) is 0 Å². The predicted molar refractivity (Wildman–Crippen MR) is 70.6 cm³/mol. The van der Waals surface area contributed by atoms with Crippen LogP contribution in [0.15, 0.2) is 6.20 Å². The van der Waals surface area contributed by atoms with Gasteiger partial charge >= 0.3 is 0 Å². The van der Waals surface area contributed by atoms with Crippen LogP contribution in [-0.2, 0) is 6.54 Å². The third-order valence-electron chi connectivity index (χ3n) is 4.21. The van der Waals surface area contributed by atoms with Gasteiger partial charge in [0.25, 0.3) is 0 Å². The van der Waals surface area contributed by atoms with Crippen LogP contribution in [0.2, 0.25) is 0 Å². The van der Waals surface area contributed by atoms with Gasteiger partial charge in [-0.3, -0.25) is 0 Å². The first-order valence-corrected chi connectivity index (χ1v) is 6.74. The van der Waals surface area contributed by atoms with E-state index in [1.807, 2.05) is 6.20 Å². The van der Waals surface area contributed by atoms with Crippen molar-refractivity contribution in [3.8, 4) is 0 Å². The molecule has 1 aromatic rings. The van der Waals surface area contributed by atoms with Crippen molar-refractivity contribution in [2.45, 2.75) is 58.9 Å². The molecule has 0 saturated heterocycles. The molecule has 0 atom stereocenters. The summed E-state index contributed by atoms with van der Waals surface area (Å²) in [5, 5.41) is 0. The number of nitrogens with zero attached hydrogens (tertiary/aromatic N) is 1. The number of nitrogens with one attached hydrogen (secondary N) is 1. The highest BCUT2D eigenvalue weighted by molar-refractivity contribution is 5.06. The fourth-order valence-electron chi connectivity index (χ4n) is 2.92. The molecule has 96 valence electrons. The SMILES string of the molecule is CC(C)(C)C1CCC(c2ncc(CN)[nH]2)CC1. The molecule has 1 aromatic heterocycles. The first-order chi connectivity index (χ1) is 8.00. The average Bonchev–Trinajstić information content (AvgIpc) is 2.76. The van der Waals surface area contributed by atoms with Gasteiger partial charge in [0.15, 0.2) is 0 Å². The number of rotatable bonds is 2. The molecule has 0 radical (unpaired) electrons. The Bertz CT molecular complexity index is 354. The van der Waals surface area contributed by atoms with Crippen molar-refractivity contribution in [2.75, 3.05) is 0 Å². The lowest BCUT2D eigenvalue weighted by atomic mass is 9.70. The van der Waals surface area contributed by atoms with Crippen LogP contribution < -0.4 is 5.73 Å². The van der Waals surface area contributed by atoms with E-state index in [1.54, 1.807) is 0 Å². The molecule has 0 spiro atoms. The lowest BCUT2D eigenvalue weighted by Crippen LogP contribution is -2.25. The molecule has 2 rings (SSSR count). The summed E-state index contributed by atoms with van der Waals surface area (Å²) in [6, 6.07) is 0.